The number of hydrogen-bond donors (Lipinski definition) is 0. The molecule has 0 aliphatic carbocycles. The van der Waals surface area contributed by atoms with E-state index in [4.69, 9.17) is 26.3 Å². The first-order valence-electron chi connectivity index (χ1n) is 13.7. The molecule has 6 nitrogen and oxygen atoms in total. The summed E-state index contributed by atoms with van der Waals surface area (Å²) in [6.45, 7) is 3.27. The predicted octanol–water partition coefficient (Wildman–Crippen LogP) is 6.99. The van der Waals surface area contributed by atoms with Crippen LogP contribution in [0.25, 0.3) is 22.3 Å². The first-order valence-corrected chi connectivity index (χ1v) is 14.1. The summed E-state index contributed by atoms with van der Waals surface area (Å²) < 4.78 is 20.4. The third-order valence-corrected chi connectivity index (χ3v) is 7.52. The molecule has 8 heteroatoms. The summed E-state index contributed by atoms with van der Waals surface area (Å²) in [6.07, 6.45) is 3.07. The van der Waals surface area contributed by atoms with Crippen LogP contribution in [0.5, 0.6) is 0 Å². The van der Waals surface area contributed by atoms with Gasteiger partial charge in [-0.15, -0.1) is 0 Å². The zero-order chi connectivity index (χ0) is 28.1. The molecule has 1 atom stereocenters. The van der Waals surface area contributed by atoms with E-state index in [1.54, 1.807) is 24.0 Å². The van der Waals surface area contributed by atoms with Crippen molar-refractivity contribution < 1.29 is 18.7 Å². The lowest BCUT2D eigenvalue weighted by molar-refractivity contribution is -0.143. The predicted molar refractivity (Wildman–Crippen MR) is 154 cm³/mol. The SMILES string of the molecule is CCOC(=O)CCCCc1nc2cc(C(=O)N3CC[C@@H](c4ccccc4)C3)c(F)cc2nc1-c1ccc(Cl)cc1. The fraction of sp³-hybridized carbons (Fsp3) is 0.312. The number of likely N-dealkylation sites (tertiary alicyclic amines) is 1. The summed E-state index contributed by atoms with van der Waals surface area (Å²) in [5.74, 6) is -0.937. The van der Waals surface area contributed by atoms with Crippen molar-refractivity contribution in [2.75, 3.05) is 19.7 Å². The normalized spacial score (nSPS) is 15.0. The number of ether oxygens (including phenoxy) is 1. The largest absolute Gasteiger partial charge is 0.466 e. The average molecular weight is 560 g/mol. The van der Waals surface area contributed by atoms with E-state index in [1.807, 2.05) is 30.3 Å². The van der Waals surface area contributed by atoms with Crippen molar-refractivity contribution in [3.63, 3.8) is 0 Å². The highest BCUT2D eigenvalue weighted by atomic mass is 35.5. The lowest BCUT2D eigenvalue weighted by atomic mass is 9.99. The quantitative estimate of drug-likeness (QED) is 0.163. The Morgan fingerprint density at radius 2 is 1.77 bits per heavy atom. The Morgan fingerprint density at radius 3 is 2.52 bits per heavy atom. The number of aromatic nitrogens is 2. The van der Waals surface area contributed by atoms with E-state index < -0.39 is 5.82 Å². The summed E-state index contributed by atoms with van der Waals surface area (Å²) >= 11 is 6.09. The number of carbonyl (C=O) groups is 2. The lowest BCUT2D eigenvalue weighted by Gasteiger charge is -2.18. The van der Waals surface area contributed by atoms with Gasteiger partial charge in [-0.05, 0) is 56.4 Å². The van der Waals surface area contributed by atoms with Crippen LogP contribution in [0, 0.1) is 5.82 Å². The highest BCUT2D eigenvalue weighted by molar-refractivity contribution is 6.30. The van der Waals surface area contributed by atoms with Gasteiger partial charge in [0.05, 0.1) is 34.6 Å². The zero-order valence-corrected chi connectivity index (χ0v) is 23.2. The molecule has 0 saturated carbocycles. The summed E-state index contributed by atoms with van der Waals surface area (Å²) in [6, 6.07) is 20.2. The maximum absolute atomic E-state index is 15.3. The number of amides is 1. The van der Waals surface area contributed by atoms with Gasteiger partial charge in [0.15, 0.2) is 0 Å². The molecule has 0 bridgehead atoms. The molecule has 1 saturated heterocycles. The summed E-state index contributed by atoms with van der Waals surface area (Å²) in [4.78, 5) is 36.5. The van der Waals surface area contributed by atoms with Gasteiger partial charge in [0.25, 0.3) is 5.91 Å². The molecule has 5 rings (SSSR count). The van der Waals surface area contributed by atoms with Gasteiger partial charge in [0, 0.05) is 42.1 Å². The number of halogens is 2. The fourth-order valence-corrected chi connectivity index (χ4v) is 5.32. The van der Waals surface area contributed by atoms with Crippen molar-refractivity contribution >= 4 is 34.5 Å². The maximum Gasteiger partial charge on any atom is 0.305 e. The van der Waals surface area contributed by atoms with Crippen LogP contribution in [-0.4, -0.2) is 46.4 Å². The van der Waals surface area contributed by atoms with E-state index in [0.717, 1.165) is 12.0 Å². The highest BCUT2D eigenvalue weighted by Crippen LogP contribution is 2.31. The van der Waals surface area contributed by atoms with Crippen LogP contribution in [-0.2, 0) is 16.0 Å². The number of nitrogens with zero attached hydrogens (tertiary/aromatic N) is 3. The maximum atomic E-state index is 15.3. The Morgan fingerprint density at radius 1 is 1.02 bits per heavy atom. The molecule has 0 radical (unpaired) electrons. The van der Waals surface area contributed by atoms with Crippen LogP contribution in [0.2, 0.25) is 5.02 Å². The molecular weight excluding hydrogens is 529 g/mol. The van der Waals surface area contributed by atoms with Crippen molar-refractivity contribution in [2.45, 2.75) is 44.9 Å². The second kappa shape index (κ2) is 12.6. The van der Waals surface area contributed by atoms with E-state index >= 15 is 4.39 Å². The van der Waals surface area contributed by atoms with Gasteiger partial charge in [-0.1, -0.05) is 54.1 Å². The Kier molecular flexibility index (Phi) is 8.70. The van der Waals surface area contributed by atoms with Crippen LogP contribution >= 0.6 is 11.6 Å². The van der Waals surface area contributed by atoms with Crippen molar-refractivity contribution in [3.8, 4) is 11.3 Å². The second-order valence-electron chi connectivity index (χ2n) is 10.0. The Labute approximate surface area is 238 Å². The van der Waals surface area contributed by atoms with Crippen molar-refractivity contribution in [1.29, 1.82) is 0 Å². The van der Waals surface area contributed by atoms with Crippen LogP contribution in [0.4, 0.5) is 4.39 Å². The fourth-order valence-electron chi connectivity index (χ4n) is 5.20. The number of benzene rings is 3. The van der Waals surface area contributed by atoms with E-state index in [0.29, 0.717) is 72.8 Å². The lowest BCUT2D eigenvalue weighted by Crippen LogP contribution is -2.29. The molecule has 1 aliphatic rings. The monoisotopic (exact) mass is 559 g/mol. The molecule has 1 aliphatic heterocycles. The molecule has 3 aromatic carbocycles. The van der Waals surface area contributed by atoms with Gasteiger partial charge in [0.1, 0.15) is 5.82 Å². The number of hydrogen-bond acceptors (Lipinski definition) is 5. The molecule has 1 fully saturated rings. The molecule has 206 valence electrons. The highest BCUT2D eigenvalue weighted by Gasteiger charge is 2.29. The van der Waals surface area contributed by atoms with E-state index in [1.165, 1.54) is 17.7 Å². The van der Waals surface area contributed by atoms with E-state index in [2.05, 4.69) is 12.1 Å². The Hall–Kier alpha value is -3.84. The van der Waals surface area contributed by atoms with Gasteiger partial charge in [-0.3, -0.25) is 9.59 Å². The Balaban J connectivity index is 1.42. The van der Waals surface area contributed by atoms with Crippen LogP contribution in [0.15, 0.2) is 66.7 Å². The first kappa shape index (κ1) is 27.7. The third-order valence-electron chi connectivity index (χ3n) is 7.27. The summed E-state index contributed by atoms with van der Waals surface area (Å²) in [5, 5.41) is 0.596. The van der Waals surface area contributed by atoms with Crippen molar-refractivity contribution in [2.24, 2.45) is 0 Å². The number of esters is 1. The zero-order valence-electron chi connectivity index (χ0n) is 22.4. The summed E-state index contributed by atoms with van der Waals surface area (Å²) in [5.41, 5.74) is 4.18. The number of aryl methyl sites for hydroxylation is 1. The van der Waals surface area contributed by atoms with Gasteiger partial charge in [0.2, 0.25) is 0 Å². The molecule has 2 heterocycles. The van der Waals surface area contributed by atoms with Crippen LogP contribution in [0.3, 0.4) is 0 Å². The number of carbonyl (C=O) groups excluding carboxylic acids is 2. The van der Waals surface area contributed by atoms with Crippen molar-refractivity contribution in [1.82, 2.24) is 14.9 Å². The van der Waals surface area contributed by atoms with E-state index in [-0.39, 0.29) is 23.4 Å². The number of fused-ring (bicyclic) bond motifs is 1. The molecule has 1 aromatic heterocycles. The minimum Gasteiger partial charge on any atom is -0.466 e. The number of rotatable bonds is 9. The molecule has 0 unspecified atom stereocenters. The molecule has 4 aromatic rings. The standard InChI is InChI=1S/C32H31ClFN3O3/c1-2-40-30(38)11-7-6-10-27-31(22-12-14-24(33)15-13-22)36-29-19-26(34)25(18-28(29)35-27)32(39)37-17-16-23(20-37)21-8-4-3-5-9-21/h3-5,8-9,12-15,18-19,23H,2,6-7,10-11,16-17,20H2,1H3/t23-/m1/s1. The minimum absolute atomic E-state index is 0.00279. The second-order valence-corrected chi connectivity index (χ2v) is 10.4. The Bertz CT molecular complexity index is 1510. The van der Waals surface area contributed by atoms with Crippen LogP contribution < -0.4 is 0 Å². The summed E-state index contributed by atoms with van der Waals surface area (Å²) in [7, 11) is 0. The smallest absolute Gasteiger partial charge is 0.305 e. The molecule has 0 spiro atoms. The first-order chi connectivity index (χ1) is 19.4. The van der Waals surface area contributed by atoms with E-state index in [9.17, 15) is 9.59 Å². The molecule has 1 amide bonds. The number of unbranched alkanes of at least 4 members (excludes halogenated alkanes) is 1. The van der Waals surface area contributed by atoms with Crippen LogP contribution in [0.1, 0.15) is 60.1 Å². The third kappa shape index (κ3) is 6.31. The van der Waals surface area contributed by atoms with Crippen molar-refractivity contribution in [3.05, 3.63) is 94.4 Å². The van der Waals surface area contributed by atoms with Gasteiger partial charge in [-0.25, -0.2) is 14.4 Å². The van der Waals surface area contributed by atoms with Gasteiger partial charge >= 0.3 is 5.97 Å². The molecule has 0 N–H and O–H groups in total. The van der Waals surface area contributed by atoms with Gasteiger partial charge in [-0.2, -0.15) is 0 Å². The molecule has 40 heavy (non-hydrogen) atoms. The topological polar surface area (TPSA) is 72.4 Å². The molecular formula is C32H31ClFN3O3. The minimum atomic E-state index is -0.612. The average Bonchev–Trinajstić information content (AvgIpc) is 3.46. The van der Waals surface area contributed by atoms with Gasteiger partial charge < -0.3 is 9.64 Å².